The van der Waals surface area contributed by atoms with E-state index in [2.05, 4.69) is 15.6 Å². The van der Waals surface area contributed by atoms with Crippen LogP contribution in [0.5, 0.6) is 0 Å². The predicted octanol–water partition coefficient (Wildman–Crippen LogP) is 0.896. The van der Waals surface area contributed by atoms with Crippen LogP contribution in [0.3, 0.4) is 0 Å². The number of nitrogens with zero attached hydrogens (tertiary/aromatic N) is 1. The average Bonchev–Trinajstić information content (AvgIpc) is 3.00. The van der Waals surface area contributed by atoms with Crippen molar-refractivity contribution in [3.8, 4) is 0 Å². The van der Waals surface area contributed by atoms with E-state index in [0.717, 1.165) is 38.0 Å². The maximum atomic E-state index is 11.9. The molecule has 2 atom stereocenters. The molecule has 0 unspecified atom stereocenters. The molecule has 1 aromatic heterocycles. The summed E-state index contributed by atoms with van der Waals surface area (Å²) >= 11 is 0. The largest absolute Gasteiger partial charge is 0.370 e. The zero-order valence-electron chi connectivity index (χ0n) is 12.3. The van der Waals surface area contributed by atoms with Gasteiger partial charge in [0.15, 0.2) is 0 Å². The Balaban J connectivity index is 1.51. The molecule has 2 heterocycles. The average molecular weight is 292 g/mol. The van der Waals surface area contributed by atoms with Crippen molar-refractivity contribution in [3.05, 3.63) is 24.4 Å². The quantitative estimate of drug-likeness (QED) is 0.619. The Hall–Kier alpha value is -1.66. The van der Waals surface area contributed by atoms with Crippen LogP contribution in [0.2, 0.25) is 0 Å². The van der Waals surface area contributed by atoms with Gasteiger partial charge in [-0.15, -0.1) is 0 Å². The molecule has 1 saturated heterocycles. The highest BCUT2D eigenvalue weighted by Gasteiger charge is 2.29. The zero-order chi connectivity index (χ0) is 14.9. The van der Waals surface area contributed by atoms with Crippen molar-refractivity contribution in [2.75, 3.05) is 25.0 Å². The van der Waals surface area contributed by atoms with Gasteiger partial charge in [-0.05, 0) is 37.8 Å². The number of rotatable bonds is 8. The van der Waals surface area contributed by atoms with E-state index < -0.39 is 0 Å². The number of aromatic nitrogens is 1. The van der Waals surface area contributed by atoms with Gasteiger partial charge < -0.3 is 21.1 Å². The lowest BCUT2D eigenvalue weighted by molar-refractivity contribution is -0.131. The van der Waals surface area contributed by atoms with Gasteiger partial charge in [0.05, 0.1) is 6.10 Å². The summed E-state index contributed by atoms with van der Waals surface area (Å²) < 4.78 is 5.55. The van der Waals surface area contributed by atoms with Gasteiger partial charge in [-0.25, -0.2) is 4.98 Å². The molecule has 6 heteroatoms. The lowest BCUT2D eigenvalue weighted by Gasteiger charge is -2.12. The molecule has 0 saturated carbocycles. The van der Waals surface area contributed by atoms with Crippen LogP contribution in [0.1, 0.15) is 25.7 Å². The van der Waals surface area contributed by atoms with Gasteiger partial charge in [0.2, 0.25) is 5.91 Å². The van der Waals surface area contributed by atoms with E-state index in [1.165, 1.54) is 0 Å². The first-order chi connectivity index (χ1) is 10.3. The first kappa shape index (κ1) is 15.7. The summed E-state index contributed by atoms with van der Waals surface area (Å²) in [5.41, 5.74) is 5.53. The Kier molecular flexibility index (Phi) is 6.43. The fraction of sp³-hybridized carbons (Fsp3) is 0.600. The molecular formula is C15H24N4O2. The molecule has 21 heavy (non-hydrogen) atoms. The summed E-state index contributed by atoms with van der Waals surface area (Å²) in [6, 6.07) is 5.78. The Labute approximate surface area is 125 Å². The fourth-order valence-corrected chi connectivity index (χ4v) is 2.33. The van der Waals surface area contributed by atoms with Crippen LogP contribution >= 0.6 is 0 Å². The van der Waals surface area contributed by atoms with Crippen LogP contribution in [0.15, 0.2) is 24.4 Å². The molecular weight excluding hydrogens is 268 g/mol. The molecule has 116 valence electrons. The first-order valence-corrected chi connectivity index (χ1v) is 7.57. The van der Waals surface area contributed by atoms with Crippen LogP contribution in [0.4, 0.5) is 5.82 Å². The predicted molar refractivity (Wildman–Crippen MR) is 81.9 cm³/mol. The highest BCUT2D eigenvalue weighted by Crippen LogP contribution is 2.18. The molecule has 0 spiro atoms. The number of carbonyl (C=O) groups excluding carboxylic acids is 1. The van der Waals surface area contributed by atoms with E-state index in [-0.39, 0.29) is 18.1 Å². The van der Waals surface area contributed by atoms with Crippen LogP contribution in [-0.4, -0.2) is 42.7 Å². The third kappa shape index (κ3) is 5.32. The van der Waals surface area contributed by atoms with Gasteiger partial charge in [-0.2, -0.15) is 0 Å². The van der Waals surface area contributed by atoms with Gasteiger partial charge >= 0.3 is 0 Å². The lowest BCUT2D eigenvalue weighted by Crippen LogP contribution is -2.36. The minimum atomic E-state index is -0.315. The van der Waals surface area contributed by atoms with Crippen molar-refractivity contribution in [2.45, 2.75) is 37.9 Å². The molecule has 6 nitrogen and oxygen atoms in total. The first-order valence-electron chi connectivity index (χ1n) is 7.57. The minimum Gasteiger partial charge on any atom is -0.370 e. The molecule has 1 aliphatic heterocycles. The summed E-state index contributed by atoms with van der Waals surface area (Å²) in [6.45, 7) is 2.01. The van der Waals surface area contributed by atoms with Crippen LogP contribution in [0.25, 0.3) is 0 Å². The maximum Gasteiger partial charge on any atom is 0.249 e. The second kappa shape index (κ2) is 8.59. The van der Waals surface area contributed by atoms with E-state index in [1.54, 1.807) is 6.20 Å². The smallest absolute Gasteiger partial charge is 0.249 e. The molecule has 4 N–H and O–H groups in total. The number of anilines is 1. The number of hydrogen-bond donors (Lipinski definition) is 3. The second-order valence-electron chi connectivity index (χ2n) is 5.20. The van der Waals surface area contributed by atoms with Crippen molar-refractivity contribution in [1.29, 1.82) is 0 Å². The second-order valence-corrected chi connectivity index (χ2v) is 5.20. The summed E-state index contributed by atoms with van der Waals surface area (Å²) in [6.07, 6.45) is 5.05. The van der Waals surface area contributed by atoms with Gasteiger partial charge in [-0.3, -0.25) is 4.79 Å². The van der Waals surface area contributed by atoms with Crippen molar-refractivity contribution in [1.82, 2.24) is 10.3 Å². The number of carbonyl (C=O) groups is 1. The summed E-state index contributed by atoms with van der Waals surface area (Å²) in [4.78, 5) is 16.0. The Bertz CT molecular complexity index is 427. The van der Waals surface area contributed by atoms with E-state index >= 15 is 0 Å². The maximum absolute atomic E-state index is 11.9. The van der Waals surface area contributed by atoms with Crippen LogP contribution in [-0.2, 0) is 9.53 Å². The number of hydrogen-bond acceptors (Lipinski definition) is 5. The Morgan fingerprint density at radius 2 is 2.19 bits per heavy atom. The lowest BCUT2D eigenvalue weighted by atomic mass is 10.2. The molecule has 2 rings (SSSR count). The molecule has 0 aromatic carbocycles. The normalized spacial score (nSPS) is 21.2. The number of pyridine rings is 1. The molecule has 0 aliphatic carbocycles. The van der Waals surface area contributed by atoms with Gasteiger partial charge in [0, 0.05) is 25.8 Å². The molecule has 0 radical (unpaired) electrons. The fourth-order valence-electron chi connectivity index (χ4n) is 2.33. The Morgan fingerprint density at radius 3 is 2.90 bits per heavy atom. The zero-order valence-corrected chi connectivity index (χ0v) is 12.3. The van der Waals surface area contributed by atoms with E-state index in [4.69, 9.17) is 10.5 Å². The van der Waals surface area contributed by atoms with E-state index in [9.17, 15) is 4.79 Å². The summed E-state index contributed by atoms with van der Waals surface area (Å²) in [5.74, 6) is 0.873. The third-order valence-electron chi connectivity index (χ3n) is 3.54. The third-order valence-corrected chi connectivity index (χ3v) is 3.54. The monoisotopic (exact) mass is 292 g/mol. The molecule has 1 aromatic rings. The van der Waals surface area contributed by atoms with Crippen LogP contribution in [0, 0.1) is 0 Å². The van der Waals surface area contributed by atoms with Crippen LogP contribution < -0.4 is 16.4 Å². The van der Waals surface area contributed by atoms with E-state index in [1.807, 2.05) is 18.2 Å². The van der Waals surface area contributed by atoms with Gasteiger partial charge in [0.1, 0.15) is 11.9 Å². The highest BCUT2D eigenvalue weighted by atomic mass is 16.5. The highest BCUT2D eigenvalue weighted by molar-refractivity contribution is 5.80. The Morgan fingerprint density at radius 1 is 1.33 bits per heavy atom. The van der Waals surface area contributed by atoms with Gasteiger partial charge in [-0.1, -0.05) is 6.07 Å². The SMILES string of the molecule is NC[C@H]1CC[C@@H](C(=O)NCCCCNc2ccccn2)O1. The summed E-state index contributed by atoms with van der Waals surface area (Å²) in [5, 5.41) is 6.16. The topological polar surface area (TPSA) is 89.3 Å². The standard InChI is InChI=1S/C15H24N4O2/c16-11-12-6-7-13(21-12)15(20)19-10-4-3-9-18-14-5-1-2-8-17-14/h1-2,5,8,12-13H,3-4,6-7,9-11,16H2,(H,17,18)(H,19,20)/t12-,13+/m1/s1. The van der Waals surface area contributed by atoms with Crippen molar-refractivity contribution < 1.29 is 9.53 Å². The number of nitrogens with two attached hydrogens (primary N) is 1. The van der Waals surface area contributed by atoms with Crippen molar-refractivity contribution in [2.24, 2.45) is 5.73 Å². The number of ether oxygens (including phenoxy) is 1. The minimum absolute atomic E-state index is 0.0105. The summed E-state index contributed by atoms with van der Waals surface area (Å²) in [7, 11) is 0. The van der Waals surface area contributed by atoms with Gasteiger partial charge in [0.25, 0.3) is 0 Å². The molecule has 0 bridgehead atoms. The van der Waals surface area contributed by atoms with E-state index in [0.29, 0.717) is 13.1 Å². The number of nitrogens with one attached hydrogen (secondary N) is 2. The number of amides is 1. The molecule has 1 fully saturated rings. The number of unbranched alkanes of at least 4 members (excludes halogenated alkanes) is 1. The van der Waals surface area contributed by atoms with Crippen molar-refractivity contribution >= 4 is 11.7 Å². The van der Waals surface area contributed by atoms with Crippen molar-refractivity contribution in [3.63, 3.8) is 0 Å². The molecule has 1 aliphatic rings. The molecule has 1 amide bonds.